The molecule has 3 heteroatoms. The van der Waals surface area contributed by atoms with Crippen molar-refractivity contribution in [2.75, 3.05) is 0 Å². The molecule has 3 atom stereocenters. The van der Waals surface area contributed by atoms with Gasteiger partial charge in [0.05, 0.1) is 0 Å². The summed E-state index contributed by atoms with van der Waals surface area (Å²) in [7, 11) is 0. The maximum absolute atomic E-state index is 12.1. The van der Waals surface area contributed by atoms with Crippen LogP contribution in [0.3, 0.4) is 0 Å². The Hall–Kier alpha value is -0.960. The van der Waals surface area contributed by atoms with E-state index in [2.05, 4.69) is 6.58 Å². The van der Waals surface area contributed by atoms with Crippen LogP contribution in [0.25, 0.3) is 0 Å². The number of carbonyl (C=O) groups excluding carboxylic acids is 2. The predicted octanol–water partition coefficient (Wildman–Crippen LogP) is 1.40. The molecular weight excluding hydrogens is 204 g/mol. The second kappa shape index (κ2) is 2.83. The van der Waals surface area contributed by atoms with Crippen LogP contribution in [-0.2, 0) is 9.59 Å². The molecule has 16 heavy (non-hydrogen) atoms. The number of hydrogen-bond donors (Lipinski definition) is 1. The highest BCUT2D eigenvalue weighted by Gasteiger charge is 2.64. The van der Waals surface area contributed by atoms with Crippen LogP contribution in [-0.4, -0.2) is 22.3 Å². The van der Waals surface area contributed by atoms with Gasteiger partial charge in [-0.3, -0.25) is 9.59 Å². The summed E-state index contributed by atoms with van der Waals surface area (Å²) in [6, 6.07) is 0. The van der Waals surface area contributed by atoms with E-state index in [4.69, 9.17) is 0 Å². The third-order valence-corrected chi connectivity index (χ3v) is 4.87. The Morgan fingerprint density at radius 3 is 2.81 bits per heavy atom. The normalized spacial score (nSPS) is 47.1. The van der Waals surface area contributed by atoms with Crippen LogP contribution >= 0.6 is 0 Å². The smallest absolute Gasteiger partial charge is 0.168 e. The number of carbonyl (C=O) groups is 2. The summed E-state index contributed by atoms with van der Waals surface area (Å²) in [5.74, 6) is 0.277. The largest absolute Gasteiger partial charge is 0.378 e. The molecule has 0 aromatic carbocycles. The summed E-state index contributed by atoms with van der Waals surface area (Å²) < 4.78 is 0. The number of Topliss-reactive ketones (excluding diaryl/α,β-unsaturated/α-hetero) is 2. The zero-order chi connectivity index (χ0) is 11.6. The van der Waals surface area contributed by atoms with Crippen molar-refractivity contribution in [3.63, 3.8) is 0 Å². The molecule has 1 unspecified atom stereocenters. The Morgan fingerprint density at radius 2 is 2.06 bits per heavy atom. The van der Waals surface area contributed by atoms with E-state index < -0.39 is 11.0 Å². The van der Waals surface area contributed by atoms with Crippen molar-refractivity contribution >= 4 is 11.6 Å². The summed E-state index contributed by atoms with van der Waals surface area (Å²) in [5.41, 5.74) is -1.27. The molecule has 1 N–H and O–H groups in total. The first-order chi connectivity index (χ1) is 7.49. The average Bonchev–Trinajstić information content (AvgIpc) is 2.46. The van der Waals surface area contributed by atoms with E-state index in [0.717, 1.165) is 12.8 Å². The molecule has 1 spiro atoms. The zero-order valence-corrected chi connectivity index (χ0v) is 9.29. The number of fused-ring (bicyclic) bond motifs is 1. The minimum atomic E-state index is -1.39. The fraction of sp³-hybridized carbons (Fsp3) is 0.692. The summed E-state index contributed by atoms with van der Waals surface area (Å²) >= 11 is 0. The molecule has 0 aromatic rings. The molecule has 0 aromatic heterocycles. The van der Waals surface area contributed by atoms with Gasteiger partial charge in [-0.25, -0.2) is 0 Å². The molecule has 3 nitrogen and oxygen atoms in total. The third-order valence-electron chi connectivity index (χ3n) is 4.87. The van der Waals surface area contributed by atoms with Crippen molar-refractivity contribution in [1.82, 2.24) is 0 Å². The second-order valence-electron chi connectivity index (χ2n) is 5.61. The Labute approximate surface area is 94.5 Å². The van der Waals surface area contributed by atoms with Crippen molar-refractivity contribution in [1.29, 1.82) is 0 Å². The van der Waals surface area contributed by atoms with E-state index in [9.17, 15) is 14.7 Å². The van der Waals surface area contributed by atoms with Crippen molar-refractivity contribution in [3.8, 4) is 0 Å². The van der Waals surface area contributed by atoms with Gasteiger partial charge in [-0.1, -0.05) is 6.58 Å². The van der Waals surface area contributed by atoms with Gasteiger partial charge < -0.3 is 5.11 Å². The average molecular weight is 220 g/mol. The fourth-order valence-electron chi connectivity index (χ4n) is 3.90. The lowest BCUT2D eigenvalue weighted by atomic mass is 9.59. The van der Waals surface area contributed by atoms with Crippen LogP contribution in [0.1, 0.15) is 38.5 Å². The maximum Gasteiger partial charge on any atom is 0.168 e. The molecule has 0 aliphatic heterocycles. The minimum Gasteiger partial charge on any atom is -0.378 e. The van der Waals surface area contributed by atoms with Crippen LogP contribution in [0.4, 0.5) is 0 Å². The lowest BCUT2D eigenvalue weighted by Crippen LogP contribution is -2.50. The van der Waals surface area contributed by atoms with Gasteiger partial charge in [-0.2, -0.15) is 0 Å². The second-order valence-corrected chi connectivity index (χ2v) is 5.61. The lowest BCUT2D eigenvalue weighted by Gasteiger charge is -2.43. The van der Waals surface area contributed by atoms with Gasteiger partial charge in [0.1, 0.15) is 11.4 Å². The summed E-state index contributed by atoms with van der Waals surface area (Å²) in [4.78, 5) is 24.1. The summed E-state index contributed by atoms with van der Waals surface area (Å²) in [5, 5.41) is 10.3. The Balaban J connectivity index is 2.10. The zero-order valence-electron chi connectivity index (χ0n) is 9.29. The maximum atomic E-state index is 12.1. The molecular formula is C13H16O3. The number of hydrogen-bond acceptors (Lipinski definition) is 3. The quantitative estimate of drug-likeness (QED) is 0.628. The SMILES string of the molecule is C=C1C[C@]23C[C@@]1(O)C(=O)CC2CCCC3=O. The van der Waals surface area contributed by atoms with Crippen molar-refractivity contribution in [2.24, 2.45) is 11.3 Å². The lowest BCUT2D eigenvalue weighted by molar-refractivity contribution is -0.150. The van der Waals surface area contributed by atoms with Gasteiger partial charge in [0.15, 0.2) is 5.78 Å². The third kappa shape index (κ3) is 0.975. The van der Waals surface area contributed by atoms with Gasteiger partial charge in [0.25, 0.3) is 0 Å². The molecule has 0 heterocycles. The summed E-state index contributed by atoms with van der Waals surface area (Å²) in [6.45, 7) is 3.82. The highest BCUT2D eigenvalue weighted by atomic mass is 16.3. The van der Waals surface area contributed by atoms with Gasteiger partial charge in [0.2, 0.25) is 0 Å². The van der Waals surface area contributed by atoms with E-state index in [1.165, 1.54) is 0 Å². The Kier molecular flexibility index (Phi) is 1.81. The summed E-state index contributed by atoms with van der Waals surface area (Å²) in [6.07, 6.45) is 3.64. The van der Waals surface area contributed by atoms with Gasteiger partial charge in [-0.15, -0.1) is 0 Å². The van der Waals surface area contributed by atoms with Crippen LogP contribution < -0.4 is 0 Å². The van der Waals surface area contributed by atoms with Crippen LogP contribution in [0.15, 0.2) is 12.2 Å². The fourth-order valence-corrected chi connectivity index (χ4v) is 3.90. The van der Waals surface area contributed by atoms with Crippen LogP contribution in [0.2, 0.25) is 0 Å². The van der Waals surface area contributed by atoms with Crippen LogP contribution in [0, 0.1) is 11.3 Å². The van der Waals surface area contributed by atoms with Gasteiger partial charge >= 0.3 is 0 Å². The van der Waals surface area contributed by atoms with Crippen molar-refractivity contribution in [3.05, 3.63) is 12.2 Å². The molecule has 0 radical (unpaired) electrons. The van der Waals surface area contributed by atoms with E-state index in [0.29, 0.717) is 31.3 Å². The molecule has 3 fully saturated rings. The topological polar surface area (TPSA) is 54.4 Å². The molecule has 0 amide bonds. The predicted molar refractivity (Wildman–Crippen MR) is 57.7 cm³/mol. The van der Waals surface area contributed by atoms with Crippen molar-refractivity contribution in [2.45, 2.75) is 44.1 Å². The highest BCUT2D eigenvalue weighted by Crippen LogP contribution is 2.60. The molecule has 3 aliphatic carbocycles. The number of aliphatic hydroxyl groups is 1. The molecule has 3 rings (SSSR count). The van der Waals surface area contributed by atoms with Gasteiger partial charge in [0, 0.05) is 24.7 Å². The Morgan fingerprint density at radius 1 is 1.31 bits per heavy atom. The van der Waals surface area contributed by atoms with Crippen molar-refractivity contribution < 1.29 is 14.7 Å². The number of rotatable bonds is 0. The standard InChI is InChI=1S/C13H16O3/c1-8-6-12-7-13(8,16)11(15)5-9(12)3-2-4-10(12)14/h9,16H,1-7H2/t9?,12-,13-/m0/s1. The van der Waals surface area contributed by atoms with E-state index in [-0.39, 0.29) is 17.5 Å². The van der Waals surface area contributed by atoms with E-state index >= 15 is 0 Å². The van der Waals surface area contributed by atoms with E-state index in [1.807, 2.05) is 0 Å². The first-order valence-electron chi connectivity index (χ1n) is 5.96. The monoisotopic (exact) mass is 220 g/mol. The minimum absolute atomic E-state index is 0.120. The van der Waals surface area contributed by atoms with Gasteiger partial charge in [-0.05, 0) is 30.8 Å². The molecule has 0 saturated heterocycles. The molecule has 3 saturated carbocycles. The molecule has 2 bridgehead atoms. The van der Waals surface area contributed by atoms with Crippen LogP contribution in [0.5, 0.6) is 0 Å². The van der Waals surface area contributed by atoms with E-state index in [1.54, 1.807) is 0 Å². The molecule has 3 aliphatic rings. The Bertz CT molecular complexity index is 411. The highest BCUT2D eigenvalue weighted by molar-refractivity contribution is 5.98. The molecule has 86 valence electrons. The number of ketones is 2. The first kappa shape index (κ1) is 10.2. The first-order valence-corrected chi connectivity index (χ1v) is 5.96.